The second-order valence-electron chi connectivity index (χ2n) is 20.6. The molecular formula is C51H49BrCl3N21O6. The number of carbonyl (C=O) groups excluding carboxylic acids is 3. The molecule has 0 bridgehead atoms. The van der Waals surface area contributed by atoms with Crippen LogP contribution in [0.15, 0.2) is 74.6 Å². The first-order valence-corrected chi connectivity index (χ1v) is 28.3. The number of aromatic nitrogens is 15. The lowest BCUT2D eigenvalue weighted by molar-refractivity contribution is 0.0867. The quantitative estimate of drug-likeness (QED) is 0.0848. The number of amides is 3. The van der Waals surface area contributed by atoms with E-state index in [1.807, 2.05) is 0 Å². The summed E-state index contributed by atoms with van der Waals surface area (Å²) in [6.45, 7) is 0. The number of pyridine rings is 3. The average molecular weight is 1240 g/mol. The normalized spacial score (nSPS) is 17.6. The predicted molar refractivity (Wildman–Crippen MR) is 306 cm³/mol. The molecule has 27 nitrogen and oxygen atoms in total. The third-order valence-electron chi connectivity index (χ3n) is 15.7. The summed E-state index contributed by atoms with van der Waals surface area (Å²) in [4.78, 5) is 100. The average Bonchev–Trinajstić information content (AvgIpc) is 4.40. The van der Waals surface area contributed by atoms with E-state index in [2.05, 4.69) is 103 Å². The Morgan fingerprint density at radius 3 is 1.20 bits per heavy atom. The maximum absolute atomic E-state index is 13.3. The van der Waals surface area contributed by atoms with Gasteiger partial charge in [0, 0.05) is 0 Å². The van der Waals surface area contributed by atoms with Crippen molar-refractivity contribution in [2.45, 2.75) is 113 Å². The molecule has 10 N–H and O–H groups in total. The number of anilines is 5. The van der Waals surface area contributed by atoms with Gasteiger partial charge in [-0.3, -0.25) is 57.8 Å². The molecular weight excluding hydrogens is 1190 g/mol. The van der Waals surface area contributed by atoms with Crippen molar-refractivity contribution in [1.29, 1.82) is 0 Å². The third kappa shape index (κ3) is 9.44. The highest BCUT2D eigenvalue weighted by Gasteiger charge is 2.48. The van der Waals surface area contributed by atoms with Crippen molar-refractivity contribution >= 4 is 130 Å². The Labute approximate surface area is 485 Å². The standard InChI is InChI=1S/2C17H16ClN7O2.C12H12BrClN2O2.C5H5N5/c2*18-10-6-11(22-13-9-7-21-24-14(9)20-8-19-13)16(27)25-12(10)15(26)23-17(25)4-2-1-3-5-17;13-7-6-8(14)9-10(17)15-12(16(9)11(7)18)4-2-1-3-5-12;6-4-3-1-9-10-5(3)8-2-7-4/h2*6-8H,1-5H2,(H,23,26)(H2,19,20,21,22,24);6H,1-5H2,(H,15,17);1-2H,(H3,6,7,8,9,10). The van der Waals surface area contributed by atoms with Gasteiger partial charge in [-0.1, -0.05) is 54.1 Å². The summed E-state index contributed by atoms with van der Waals surface area (Å²) in [5.74, 6) is 0.495. The number of H-pyrrole nitrogens is 3. The molecule has 0 saturated heterocycles. The maximum atomic E-state index is 13.3. The molecule has 0 aromatic carbocycles. The van der Waals surface area contributed by atoms with Crippen molar-refractivity contribution in [3.63, 3.8) is 0 Å². The molecule has 3 aliphatic carbocycles. The van der Waals surface area contributed by atoms with E-state index in [0.29, 0.717) is 86.0 Å². The highest BCUT2D eigenvalue weighted by Crippen LogP contribution is 2.42. The zero-order valence-electron chi connectivity index (χ0n) is 43.2. The molecule has 12 heterocycles. The highest BCUT2D eigenvalue weighted by molar-refractivity contribution is 9.10. The second kappa shape index (κ2) is 21.5. The summed E-state index contributed by atoms with van der Waals surface area (Å²) in [6, 6.07) is 4.45. The van der Waals surface area contributed by atoms with Crippen molar-refractivity contribution < 1.29 is 14.4 Å². The maximum Gasteiger partial charge on any atom is 0.276 e. The number of nitrogens with zero attached hydrogens (tertiary/aromatic N) is 12. The molecule has 3 spiro atoms. The van der Waals surface area contributed by atoms with Crippen LogP contribution in [0.5, 0.6) is 0 Å². The van der Waals surface area contributed by atoms with E-state index in [1.54, 1.807) is 23.2 Å². The van der Waals surface area contributed by atoms with E-state index >= 15 is 0 Å². The Kier molecular flexibility index (Phi) is 14.2. The van der Waals surface area contributed by atoms with E-state index in [0.717, 1.165) is 76.0 Å². The molecule has 9 aromatic heterocycles. The number of rotatable bonds is 4. The lowest BCUT2D eigenvalue weighted by Crippen LogP contribution is -2.48. The monoisotopic (exact) mass is 1240 g/mol. The molecule has 15 rings (SSSR count). The molecule has 0 atom stereocenters. The predicted octanol–water partition coefficient (Wildman–Crippen LogP) is 7.10. The van der Waals surface area contributed by atoms with Gasteiger partial charge in [-0.2, -0.15) is 15.3 Å². The van der Waals surface area contributed by atoms with Crippen LogP contribution in [0, 0.1) is 0 Å². The Morgan fingerprint density at radius 2 is 0.805 bits per heavy atom. The first kappa shape index (κ1) is 54.3. The molecule has 0 unspecified atom stereocenters. The number of nitrogens with two attached hydrogens (primary N) is 1. The zero-order valence-corrected chi connectivity index (χ0v) is 47.1. The van der Waals surface area contributed by atoms with Gasteiger partial charge in [-0.05, 0) is 111 Å². The molecule has 3 fully saturated rings. The lowest BCUT2D eigenvalue weighted by atomic mass is 9.89. The molecule has 9 aromatic rings. The molecule has 3 saturated carbocycles. The fourth-order valence-electron chi connectivity index (χ4n) is 12.0. The van der Waals surface area contributed by atoms with E-state index in [-0.39, 0.29) is 67.2 Å². The van der Waals surface area contributed by atoms with Gasteiger partial charge in [0.2, 0.25) is 0 Å². The van der Waals surface area contributed by atoms with Gasteiger partial charge < -0.3 is 32.3 Å². The molecule has 3 aliphatic heterocycles. The molecule has 6 aliphatic rings. The molecule has 82 heavy (non-hydrogen) atoms. The molecule has 31 heteroatoms. The summed E-state index contributed by atoms with van der Waals surface area (Å²) in [6.07, 6.45) is 22.5. The summed E-state index contributed by atoms with van der Waals surface area (Å²) in [5.41, 5.74) is 5.80. The number of hydrogen-bond acceptors (Lipinski definition) is 18. The Bertz CT molecular complexity index is 4050. The van der Waals surface area contributed by atoms with Crippen LogP contribution in [-0.4, -0.2) is 91.9 Å². The van der Waals surface area contributed by atoms with Crippen molar-refractivity contribution in [3.8, 4) is 0 Å². The Balaban J connectivity index is 0.000000114. The van der Waals surface area contributed by atoms with E-state index in [1.165, 1.54) is 46.3 Å². The largest absolute Gasteiger partial charge is 0.383 e. The summed E-state index contributed by atoms with van der Waals surface area (Å²) in [5, 5.41) is 37.8. The van der Waals surface area contributed by atoms with Crippen LogP contribution in [0.25, 0.3) is 33.1 Å². The first-order chi connectivity index (χ1) is 39.6. The van der Waals surface area contributed by atoms with Gasteiger partial charge in [0.15, 0.2) is 16.9 Å². The van der Waals surface area contributed by atoms with Crippen molar-refractivity contribution in [2.24, 2.45) is 0 Å². The number of aromatic amines is 3. The van der Waals surface area contributed by atoms with E-state index < -0.39 is 17.0 Å². The highest BCUT2D eigenvalue weighted by atomic mass is 79.9. The minimum atomic E-state index is -0.695. The van der Waals surface area contributed by atoms with Crippen molar-refractivity contribution in [2.75, 3.05) is 16.4 Å². The van der Waals surface area contributed by atoms with Gasteiger partial charge in [-0.15, -0.1) is 0 Å². The number of nitrogen functional groups attached to an aromatic ring is 1. The number of nitrogens with one attached hydrogen (secondary N) is 8. The molecule has 0 radical (unpaired) electrons. The van der Waals surface area contributed by atoms with E-state index in [4.69, 9.17) is 40.5 Å². The fraction of sp³-hybridized carbons (Fsp3) is 0.353. The van der Waals surface area contributed by atoms with Gasteiger partial charge in [0.05, 0.1) is 54.3 Å². The summed E-state index contributed by atoms with van der Waals surface area (Å²) < 4.78 is 5.03. The van der Waals surface area contributed by atoms with Gasteiger partial charge >= 0.3 is 0 Å². The summed E-state index contributed by atoms with van der Waals surface area (Å²) >= 11 is 22.1. The SMILES string of the molecule is Nc1ncnc2[nH]ncc12.O=C1NC2(CCCCC2)n2c1c(Cl)cc(Br)c2=O.O=C1NC2(CCCCC2)n2c1c(Cl)cc(Nc1ncnc3[nH]ncc13)c2=O.O=C1NC2(CCCCC2)n2c1c(Cl)cc(Nc1ncnc3[nH]ncc13)c2=O. The van der Waals surface area contributed by atoms with Gasteiger partial charge in [-0.25, -0.2) is 29.9 Å². The van der Waals surface area contributed by atoms with Crippen molar-refractivity contribution in [1.82, 2.24) is 90.1 Å². The Hall–Kier alpha value is -8.34. The minimum absolute atomic E-state index is 0.186. The lowest BCUT2D eigenvalue weighted by Gasteiger charge is -2.35. The van der Waals surface area contributed by atoms with Crippen LogP contribution in [0.3, 0.4) is 0 Å². The van der Waals surface area contributed by atoms with Crippen LogP contribution >= 0.6 is 50.7 Å². The Morgan fingerprint density at radius 1 is 0.463 bits per heavy atom. The first-order valence-electron chi connectivity index (χ1n) is 26.3. The van der Waals surface area contributed by atoms with Crippen LogP contribution in [-0.2, 0) is 17.0 Å². The van der Waals surface area contributed by atoms with E-state index in [9.17, 15) is 28.8 Å². The smallest absolute Gasteiger partial charge is 0.276 e. The third-order valence-corrected chi connectivity index (χ3v) is 17.1. The summed E-state index contributed by atoms with van der Waals surface area (Å²) in [7, 11) is 0. The number of carbonyl (C=O) groups is 3. The fourth-order valence-corrected chi connectivity index (χ4v) is 13.3. The number of fused-ring (bicyclic) bond motifs is 9. The van der Waals surface area contributed by atoms with Crippen LogP contribution < -0.4 is 49.0 Å². The topological polar surface area (TPSA) is 367 Å². The second-order valence-corrected chi connectivity index (χ2v) is 22.7. The van der Waals surface area contributed by atoms with Crippen molar-refractivity contribution in [3.05, 3.63) is 123 Å². The van der Waals surface area contributed by atoms with Gasteiger partial charge in [0.25, 0.3) is 34.4 Å². The molecule has 422 valence electrons. The van der Waals surface area contributed by atoms with Crippen LogP contribution in [0.2, 0.25) is 15.1 Å². The number of halogens is 4. The minimum Gasteiger partial charge on any atom is -0.383 e. The zero-order chi connectivity index (χ0) is 57.1. The molecule has 3 amide bonds. The van der Waals surface area contributed by atoms with Gasteiger partial charge in [0.1, 0.15) is 81.9 Å². The number of hydrogen-bond donors (Lipinski definition) is 9. The van der Waals surface area contributed by atoms with Crippen LogP contribution in [0.1, 0.15) is 128 Å². The van der Waals surface area contributed by atoms with Crippen LogP contribution in [0.4, 0.5) is 28.8 Å².